The van der Waals surface area contributed by atoms with Crippen LogP contribution in [-0.2, 0) is 14.4 Å². The summed E-state index contributed by atoms with van der Waals surface area (Å²) in [6.07, 6.45) is 1.05. The standard InChI is InChI=1S/C20H34O3/c1-18(2,3)15(21)12-10-13(16(22)19(4,5)6)14(11-12)17(23)20(7,8)9/h12-14H,10-11H2,1-9H3. The van der Waals surface area contributed by atoms with Gasteiger partial charge in [0.25, 0.3) is 0 Å². The maximum Gasteiger partial charge on any atom is 0.142 e. The van der Waals surface area contributed by atoms with Crippen molar-refractivity contribution in [3.05, 3.63) is 0 Å². The summed E-state index contributed by atoms with van der Waals surface area (Å²) in [5, 5.41) is 0. The van der Waals surface area contributed by atoms with E-state index in [-0.39, 0.29) is 35.1 Å². The molecule has 1 aliphatic rings. The number of carbonyl (C=O) groups excluding carboxylic acids is 3. The van der Waals surface area contributed by atoms with Crippen LogP contribution in [0.25, 0.3) is 0 Å². The summed E-state index contributed by atoms with van der Waals surface area (Å²) in [5.41, 5.74) is -1.40. The molecule has 0 radical (unpaired) electrons. The number of Topliss-reactive ketones (excluding diaryl/α,β-unsaturated/α-hetero) is 3. The molecular weight excluding hydrogens is 288 g/mol. The summed E-state index contributed by atoms with van der Waals surface area (Å²) in [7, 11) is 0. The number of hydrogen-bond donors (Lipinski definition) is 0. The van der Waals surface area contributed by atoms with Gasteiger partial charge in [0, 0.05) is 34.0 Å². The fourth-order valence-electron chi connectivity index (χ4n) is 3.56. The Hall–Kier alpha value is -0.990. The van der Waals surface area contributed by atoms with Crippen molar-refractivity contribution in [1.82, 2.24) is 0 Å². The van der Waals surface area contributed by atoms with Crippen LogP contribution in [-0.4, -0.2) is 17.3 Å². The first-order valence-electron chi connectivity index (χ1n) is 8.69. The van der Waals surface area contributed by atoms with Crippen LogP contribution in [0, 0.1) is 34.0 Å². The van der Waals surface area contributed by atoms with Gasteiger partial charge in [0.2, 0.25) is 0 Å². The zero-order valence-electron chi connectivity index (χ0n) is 16.4. The van der Waals surface area contributed by atoms with E-state index in [1.807, 2.05) is 62.3 Å². The van der Waals surface area contributed by atoms with Crippen molar-refractivity contribution >= 4 is 17.3 Å². The molecule has 3 heteroatoms. The molecular formula is C20H34O3. The zero-order chi connectivity index (χ0) is 18.4. The molecule has 0 amide bonds. The molecule has 0 aromatic carbocycles. The van der Waals surface area contributed by atoms with Crippen molar-refractivity contribution < 1.29 is 14.4 Å². The van der Waals surface area contributed by atoms with Crippen LogP contribution in [0.15, 0.2) is 0 Å². The molecule has 2 atom stereocenters. The molecule has 0 saturated heterocycles. The van der Waals surface area contributed by atoms with Crippen LogP contribution >= 0.6 is 0 Å². The molecule has 1 fully saturated rings. The second-order valence-electron chi connectivity index (χ2n) is 10.2. The van der Waals surface area contributed by atoms with Gasteiger partial charge in [-0.15, -0.1) is 0 Å². The lowest BCUT2D eigenvalue weighted by Gasteiger charge is -2.29. The maximum atomic E-state index is 12.9. The monoisotopic (exact) mass is 322 g/mol. The quantitative estimate of drug-likeness (QED) is 0.770. The van der Waals surface area contributed by atoms with Gasteiger partial charge in [0.15, 0.2) is 0 Å². The minimum atomic E-state index is -0.485. The Morgan fingerprint density at radius 1 is 0.565 bits per heavy atom. The van der Waals surface area contributed by atoms with E-state index in [0.717, 1.165) is 0 Å². The predicted octanol–water partition coefficient (Wildman–Crippen LogP) is 4.47. The topological polar surface area (TPSA) is 51.2 Å². The highest BCUT2D eigenvalue weighted by Gasteiger charge is 2.50. The Labute approximate surface area is 141 Å². The van der Waals surface area contributed by atoms with Gasteiger partial charge in [-0.3, -0.25) is 14.4 Å². The Morgan fingerprint density at radius 3 is 1.04 bits per heavy atom. The minimum Gasteiger partial charge on any atom is -0.299 e. The number of ketones is 3. The Morgan fingerprint density at radius 2 is 0.826 bits per heavy atom. The van der Waals surface area contributed by atoms with Gasteiger partial charge < -0.3 is 0 Å². The van der Waals surface area contributed by atoms with Crippen molar-refractivity contribution in [2.75, 3.05) is 0 Å². The summed E-state index contributed by atoms with van der Waals surface area (Å²) >= 11 is 0. The van der Waals surface area contributed by atoms with Gasteiger partial charge in [-0.1, -0.05) is 62.3 Å². The van der Waals surface area contributed by atoms with E-state index >= 15 is 0 Å². The highest BCUT2D eigenvalue weighted by Crippen LogP contribution is 2.45. The normalized spacial score (nSPS) is 26.2. The molecule has 0 N–H and O–H groups in total. The summed E-state index contributed by atoms with van der Waals surface area (Å²) < 4.78 is 0. The maximum absolute atomic E-state index is 12.9. The van der Waals surface area contributed by atoms with E-state index in [4.69, 9.17) is 0 Å². The summed E-state index contributed by atoms with van der Waals surface area (Å²) in [4.78, 5) is 38.4. The lowest BCUT2D eigenvalue weighted by molar-refractivity contribution is -0.139. The summed E-state index contributed by atoms with van der Waals surface area (Å²) in [6, 6.07) is 0. The van der Waals surface area contributed by atoms with E-state index in [2.05, 4.69) is 0 Å². The lowest BCUT2D eigenvalue weighted by atomic mass is 9.73. The van der Waals surface area contributed by atoms with Gasteiger partial charge in [0.05, 0.1) is 0 Å². The van der Waals surface area contributed by atoms with Crippen LogP contribution in [0.1, 0.15) is 75.2 Å². The summed E-state index contributed by atoms with van der Waals surface area (Å²) in [6.45, 7) is 17.1. The first kappa shape index (κ1) is 20.1. The van der Waals surface area contributed by atoms with Crippen molar-refractivity contribution in [1.29, 1.82) is 0 Å². The second kappa shape index (κ2) is 6.14. The van der Waals surface area contributed by atoms with Crippen LogP contribution in [0.5, 0.6) is 0 Å². The fraction of sp³-hybridized carbons (Fsp3) is 0.850. The smallest absolute Gasteiger partial charge is 0.142 e. The highest BCUT2D eigenvalue weighted by molar-refractivity contribution is 5.97. The molecule has 0 heterocycles. The van der Waals surface area contributed by atoms with Crippen LogP contribution in [0.4, 0.5) is 0 Å². The average molecular weight is 322 g/mol. The first-order chi connectivity index (χ1) is 10.1. The third-order valence-electron chi connectivity index (χ3n) is 4.82. The van der Waals surface area contributed by atoms with E-state index in [9.17, 15) is 14.4 Å². The molecule has 0 spiro atoms. The molecule has 2 unspecified atom stereocenters. The molecule has 1 rings (SSSR count). The molecule has 0 aromatic heterocycles. The van der Waals surface area contributed by atoms with Crippen LogP contribution < -0.4 is 0 Å². The SMILES string of the molecule is CC(C)(C)C(=O)C1CC(C(=O)C(C)(C)C)C(C(=O)C(C)(C)C)C1. The largest absolute Gasteiger partial charge is 0.299 e. The zero-order valence-corrected chi connectivity index (χ0v) is 16.4. The van der Waals surface area contributed by atoms with Gasteiger partial charge in [-0.05, 0) is 12.8 Å². The van der Waals surface area contributed by atoms with E-state index in [1.54, 1.807) is 0 Å². The summed E-state index contributed by atoms with van der Waals surface area (Å²) in [5.74, 6) is -0.416. The molecule has 1 saturated carbocycles. The van der Waals surface area contributed by atoms with E-state index in [0.29, 0.717) is 12.8 Å². The molecule has 0 bridgehead atoms. The average Bonchev–Trinajstić information content (AvgIpc) is 2.76. The number of carbonyl (C=O) groups is 3. The lowest BCUT2D eigenvalue weighted by Crippen LogP contribution is -2.37. The van der Waals surface area contributed by atoms with Gasteiger partial charge in [-0.25, -0.2) is 0 Å². The number of hydrogen-bond acceptors (Lipinski definition) is 3. The minimum absolute atomic E-state index is 0.115. The molecule has 0 aliphatic heterocycles. The van der Waals surface area contributed by atoms with Gasteiger partial charge in [0.1, 0.15) is 17.3 Å². The van der Waals surface area contributed by atoms with Crippen molar-refractivity contribution in [2.24, 2.45) is 34.0 Å². The first-order valence-corrected chi connectivity index (χ1v) is 8.69. The Balaban J connectivity index is 3.16. The fourth-order valence-corrected chi connectivity index (χ4v) is 3.56. The number of rotatable bonds is 3. The van der Waals surface area contributed by atoms with Crippen molar-refractivity contribution in [3.63, 3.8) is 0 Å². The van der Waals surface area contributed by atoms with Crippen LogP contribution in [0.3, 0.4) is 0 Å². The molecule has 1 aliphatic carbocycles. The highest BCUT2D eigenvalue weighted by atomic mass is 16.1. The molecule has 132 valence electrons. The van der Waals surface area contributed by atoms with Crippen molar-refractivity contribution in [3.8, 4) is 0 Å². The molecule has 23 heavy (non-hydrogen) atoms. The van der Waals surface area contributed by atoms with E-state index < -0.39 is 16.2 Å². The Bertz CT molecular complexity index is 460. The molecule has 0 aromatic rings. The third-order valence-corrected chi connectivity index (χ3v) is 4.82. The van der Waals surface area contributed by atoms with Crippen LogP contribution in [0.2, 0.25) is 0 Å². The second-order valence-corrected chi connectivity index (χ2v) is 10.2. The van der Waals surface area contributed by atoms with Gasteiger partial charge >= 0.3 is 0 Å². The van der Waals surface area contributed by atoms with Gasteiger partial charge in [-0.2, -0.15) is 0 Å². The third kappa shape index (κ3) is 4.51. The molecule has 3 nitrogen and oxygen atoms in total. The predicted molar refractivity (Wildman–Crippen MR) is 93.1 cm³/mol. The Kier molecular flexibility index (Phi) is 5.36. The van der Waals surface area contributed by atoms with Crippen molar-refractivity contribution in [2.45, 2.75) is 75.2 Å². The van der Waals surface area contributed by atoms with E-state index in [1.165, 1.54) is 0 Å².